The summed E-state index contributed by atoms with van der Waals surface area (Å²) in [5.74, 6) is 0.484. The van der Waals surface area contributed by atoms with Crippen LogP contribution in [0.5, 0.6) is 0 Å². The van der Waals surface area contributed by atoms with Gasteiger partial charge < -0.3 is 0 Å². The summed E-state index contributed by atoms with van der Waals surface area (Å²) in [5.41, 5.74) is 3.01. The first-order valence-corrected chi connectivity index (χ1v) is 8.96. The molecule has 0 aliphatic carbocycles. The lowest BCUT2D eigenvalue weighted by atomic mass is 10.1. The van der Waals surface area contributed by atoms with Crippen molar-refractivity contribution in [3.63, 3.8) is 0 Å². The highest BCUT2D eigenvalue weighted by molar-refractivity contribution is 7.90. The van der Waals surface area contributed by atoms with E-state index in [9.17, 15) is 8.42 Å². The highest BCUT2D eigenvalue weighted by atomic mass is 32.2. The molecule has 0 spiro atoms. The molecule has 0 saturated heterocycles. The minimum atomic E-state index is -3.43. The Balaban J connectivity index is 2.26. The average Bonchev–Trinajstić information content (AvgIpc) is 2.92. The van der Waals surface area contributed by atoms with Gasteiger partial charge in [0.05, 0.1) is 22.9 Å². The van der Waals surface area contributed by atoms with Crippen LogP contribution in [0.3, 0.4) is 0 Å². The number of fused-ring (bicyclic) bond motifs is 3. The van der Waals surface area contributed by atoms with Crippen molar-refractivity contribution in [1.29, 1.82) is 0 Å². The maximum absolute atomic E-state index is 12.3. The second kappa shape index (κ2) is 4.89. The molecule has 2 aromatic carbocycles. The molecule has 2 aromatic heterocycles. The summed E-state index contributed by atoms with van der Waals surface area (Å²) >= 11 is 0. The minimum Gasteiger partial charge on any atom is -0.275 e. The van der Waals surface area contributed by atoms with E-state index in [1.165, 1.54) is 12.5 Å². The molecular formula is C17H13N3O2S. The van der Waals surface area contributed by atoms with Gasteiger partial charge in [0.1, 0.15) is 4.90 Å². The highest BCUT2D eigenvalue weighted by Gasteiger charge is 2.20. The lowest BCUT2D eigenvalue weighted by Crippen LogP contribution is -2.06. The molecule has 0 saturated carbocycles. The molecule has 0 amide bonds. The Hall–Kier alpha value is -2.73. The van der Waals surface area contributed by atoms with E-state index in [4.69, 9.17) is 0 Å². The molecule has 0 N–H and O–H groups in total. The Morgan fingerprint density at radius 1 is 0.957 bits per heavy atom. The van der Waals surface area contributed by atoms with Gasteiger partial charge >= 0.3 is 0 Å². The van der Waals surface area contributed by atoms with Crippen molar-refractivity contribution in [3.05, 3.63) is 60.8 Å². The number of nitrogens with zero attached hydrogens (tertiary/aromatic N) is 3. The first-order chi connectivity index (χ1) is 11.1. The van der Waals surface area contributed by atoms with Crippen LogP contribution in [0.25, 0.3) is 28.1 Å². The predicted molar refractivity (Wildman–Crippen MR) is 89.0 cm³/mol. The van der Waals surface area contributed by atoms with Crippen LogP contribution in [0.1, 0.15) is 0 Å². The average molecular weight is 323 g/mol. The van der Waals surface area contributed by atoms with Crippen LogP contribution in [0.4, 0.5) is 0 Å². The molecule has 23 heavy (non-hydrogen) atoms. The van der Waals surface area contributed by atoms with Crippen LogP contribution in [-0.4, -0.2) is 29.0 Å². The van der Waals surface area contributed by atoms with Gasteiger partial charge in [0.2, 0.25) is 5.78 Å². The van der Waals surface area contributed by atoms with E-state index in [0.29, 0.717) is 11.5 Å². The standard InChI is InChI=1S/C17H13N3O2S/c1-23(21,22)15-11-18-17-19-13-9-5-6-10-14(13)20(17)16(15)12-7-3-2-4-8-12/h2-11H,1H3. The third kappa shape index (κ3) is 2.19. The first kappa shape index (κ1) is 13.9. The summed E-state index contributed by atoms with van der Waals surface area (Å²) < 4.78 is 26.3. The molecule has 4 aromatic rings. The molecule has 0 atom stereocenters. The van der Waals surface area contributed by atoms with E-state index in [0.717, 1.165) is 16.6 Å². The maximum Gasteiger partial charge on any atom is 0.235 e. The van der Waals surface area contributed by atoms with Crippen molar-refractivity contribution in [2.45, 2.75) is 4.90 Å². The van der Waals surface area contributed by atoms with Gasteiger partial charge in [-0.15, -0.1) is 0 Å². The number of benzene rings is 2. The van der Waals surface area contributed by atoms with Gasteiger partial charge in [-0.2, -0.15) is 0 Å². The number of aromatic nitrogens is 3. The van der Waals surface area contributed by atoms with Crippen molar-refractivity contribution < 1.29 is 8.42 Å². The summed E-state index contributed by atoms with van der Waals surface area (Å²) in [6, 6.07) is 17.0. The SMILES string of the molecule is CS(=O)(=O)c1cnc2nc3ccccc3n2c1-c1ccccc1. The van der Waals surface area contributed by atoms with Gasteiger partial charge in [0.15, 0.2) is 9.84 Å². The maximum atomic E-state index is 12.3. The minimum absolute atomic E-state index is 0.194. The molecule has 0 unspecified atom stereocenters. The molecule has 6 heteroatoms. The van der Waals surface area contributed by atoms with Crippen LogP contribution in [0.2, 0.25) is 0 Å². The smallest absolute Gasteiger partial charge is 0.235 e. The molecule has 0 fully saturated rings. The number of sulfone groups is 1. The van der Waals surface area contributed by atoms with Gasteiger partial charge in [-0.05, 0) is 12.1 Å². The van der Waals surface area contributed by atoms with E-state index < -0.39 is 9.84 Å². The van der Waals surface area contributed by atoms with E-state index in [2.05, 4.69) is 9.97 Å². The zero-order valence-electron chi connectivity index (χ0n) is 12.3. The number of rotatable bonds is 2. The second-order valence-electron chi connectivity index (χ2n) is 5.35. The molecule has 4 rings (SSSR count). The topological polar surface area (TPSA) is 64.3 Å². The zero-order chi connectivity index (χ0) is 16.0. The van der Waals surface area contributed by atoms with E-state index in [1.807, 2.05) is 54.6 Å². The second-order valence-corrected chi connectivity index (χ2v) is 7.33. The van der Waals surface area contributed by atoms with Crippen molar-refractivity contribution in [2.75, 3.05) is 6.26 Å². The Morgan fingerprint density at radius 3 is 2.39 bits per heavy atom. The van der Waals surface area contributed by atoms with Crippen molar-refractivity contribution >= 4 is 26.6 Å². The summed E-state index contributed by atoms with van der Waals surface area (Å²) in [7, 11) is -3.43. The summed E-state index contributed by atoms with van der Waals surface area (Å²) in [5, 5.41) is 0. The van der Waals surface area contributed by atoms with Crippen molar-refractivity contribution in [2.24, 2.45) is 0 Å². The summed E-state index contributed by atoms with van der Waals surface area (Å²) in [4.78, 5) is 8.92. The molecule has 5 nitrogen and oxygen atoms in total. The molecule has 0 aliphatic rings. The van der Waals surface area contributed by atoms with Crippen LogP contribution in [-0.2, 0) is 9.84 Å². The van der Waals surface area contributed by atoms with Crippen molar-refractivity contribution in [1.82, 2.24) is 14.4 Å². The number of imidazole rings is 1. The van der Waals surface area contributed by atoms with Crippen LogP contribution in [0.15, 0.2) is 65.7 Å². The molecule has 0 bridgehead atoms. The fraction of sp³-hybridized carbons (Fsp3) is 0.0588. The quantitative estimate of drug-likeness (QED) is 0.569. The summed E-state index contributed by atoms with van der Waals surface area (Å²) in [6.45, 7) is 0. The molecule has 0 radical (unpaired) electrons. The normalized spacial score (nSPS) is 12.0. The third-order valence-corrected chi connectivity index (χ3v) is 4.84. The molecule has 114 valence electrons. The number of hydrogen-bond acceptors (Lipinski definition) is 4. The molecule has 0 aliphatic heterocycles. The lowest BCUT2D eigenvalue weighted by Gasteiger charge is -2.11. The van der Waals surface area contributed by atoms with Gasteiger partial charge in [0.25, 0.3) is 0 Å². The van der Waals surface area contributed by atoms with Gasteiger partial charge in [0, 0.05) is 11.8 Å². The van der Waals surface area contributed by atoms with Crippen LogP contribution < -0.4 is 0 Å². The molecule has 2 heterocycles. The van der Waals surface area contributed by atoms with E-state index in [-0.39, 0.29) is 4.90 Å². The van der Waals surface area contributed by atoms with Gasteiger partial charge in [-0.25, -0.2) is 18.4 Å². The Kier molecular flexibility index (Phi) is 2.96. The lowest BCUT2D eigenvalue weighted by molar-refractivity contribution is 0.601. The van der Waals surface area contributed by atoms with Crippen molar-refractivity contribution in [3.8, 4) is 11.3 Å². The van der Waals surface area contributed by atoms with Crippen LogP contribution >= 0.6 is 0 Å². The number of para-hydroxylation sites is 2. The van der Waals surface area contributed by atoms with Gasteiger partial charge in [-0.3, -0.25) is 4.40 Å². The van der Waals surface area contributed by atoms with Gasteiger partial charge in [-0.1, -0.05) is 42.5 Å². The third-order valence-electron chi connectivity index (χ3n) is 3.74. The molecular weight excluding hydrogens is 310 g/mol. The highest BCUT2D eigenvalue weighted by Crippen LogP contribution is 2.30. The van der Waals surface area contributed by atoms with E-state index >= 15 is 0 Å². The van der Waals surface area contributed by atoms with E-state index in [1.54, 1.807) is 4.40 Å². The summed E-state index contributed by atoms with van der Waals surface area (Å²) in [6.07, 6.45) is 2.58. The monoisotopic (exact) mass is 323 g/mol. The first-order valence-electron chi connectivity index (χ1n) is 7.07. The fourth-order valence-electron chi connectivity index (χ4n) is 2.75. The zero-order valence-corrected chi connectivity index (χ0v) is 13.2. The Bertz CT molecular complexity index is 1130. The largest absolute Gasteiger partial charge is 0.275 e. The number of hydrogen-bond donors (Lipinski definition) is 0. The predicted octanol–water partition coefficient (Wildman–Crippen LogP) is 2.95. The van der Waals surface area contributed by atoms with Crippen LogP contribution in [0, 0.1) is 0 Å². The Morgan fingerprint density at radius 2 is 1.65 bits per heavy atom. The fourth-order valence-corrected chi connectivity index (χ4v) is 3.55. The Labute approximate surface area is 133 Å².